The molecule has 0 aliphatic heterocycles. The Bertz CT molecular complexity index is 577. The molecule has 0 bridgehead atoms. The van der Waals surface area contributed by atoms with Gasteiger partial charge in [-0.05, 0) is 25.6 Å². The van der Waals surface area contributed by atoms with Crippen LogP contribution >= 0.6 is 0 Å². The predicted molar refractivity (Wildman–Crippen MR) is 87.2 cm³/mol. The topological polar surface area (TPSA) is 28.2 Å². The molecule has 0 saturated carbocycles. The van der Waals surface area contributed by atoms with E-state index in [-0.39, 0.29) is 0 Å². The van der Waals surface area contributed by atoms with E-state index in [1.165, 1.54) is 11.1 Å². The Kier molecular flexibility index (Phi) is 5.13. The number of pyridine rings is 1. The first kappa shape index (κ1) is 14.5. The molecule has 0 atom stereocenters. The van der Waals surface area contributed by atoms with Gasteiger partial charge in [0.15, 0.2) is 0 Å². The van der Waals surface area contributed by atoms with Gasteiger partial charge in [0.25, 0.3) is 0 Å². The molecular weight excluding hydrogens is 246 g/mol. The standard InChI is InChI=1S/C17H23N3/c1-4-10-20(11-5-2)17-12-14(13-18-3)19-16-9-7-6-8-15(16)17/h4,6-9,12,18H,1,5,10-11,13H2,2-3H3. The summed E-state index contributed by atoms with van der Waals surface area (Å²) < 4.78 is 0. The van der Waals surface area contributed by atoms with Crippen LogP contribution in [0.25, 0.3) is 10.9 Å². The van der Waals surface area contributed by atoms with Crippen LogP contribution in [0, 0.1) is 0 Å². The first-order valence-corrected chi connectivity index (χ1v) is 7.19. The van der Waals surface area contributed by atoms with Crippen LogP contribution < -0.4 is 10.2 Å². The Balaban J connectivity index is 2.54. The summed E-state index contributed by atoms with van der Waals surface area (Å²) in [6.45, 7) is 8.75. The van der Waals surface area contributed by atoms with Crippen molar-refractivity contribution in [1.29, 1.82) is 0 Å². The van der Waals surface area contributed by atoms with Gasteiger partial charge in [-0.15, -0.1) is 6.58 Å². The second-order valence-electron chi connectivity index (χ2n) is 4.91. The Labute approximate surface area is 121 Å². The van der Waals surface area contributed by atoms with Crippen LogP contribution in [0.15, 0.2) is 43.0 Å². The highest BCUT2D eigenvalue weighted by atomic mass is 15.1. The van der Waals surface area contributed by atoms with Gasteiger partial charge in [0.05, 0.1) is 11.2 Å². The van der Waals surface area contributed by atoms with E-state index in [0.29, 0.717) is 0 Å². The largest absolute Gasteiger partial charge is 0.367 e. The molecule has 0 fully saturated rings. The molecule has 0 radical (unpaired) electrons. The smallest absolute Gasteiger partial charge is 0.0726 e. The van der Waals surface area contributed by atoms with Crippen LogP contribution in [0.2, 0.25) is 0 Å². The van der Waals surface area contributed by atoms with Crippen molar-refractivity contribution in [2.24, 2.45) is 0 Å². The number of fused-ring (bicyclic) bond motifs is 1. The lowest BCUT2D eigenvalue weighted by atomic mass is 10.1. The highest BCUT2D eigenvalue weighted by molar-refractivity contribution is 5.92. The summed E-state index contributed by atoms with van der Waals surface area (Å²) in [5, 5.41) is 4.39. The second kappa shape index (κ2) is 7.06. The third-order valence-corrected chi connectivity index (χ3v) is 3.29. The van der Waals surface area contributed by atoms with Gasteiger partial charge in [-0.1, -0.05) is 31.2 Å². The normalized spacial score (nSPS) is 10.7. The van der Waals surface area contributed by atoms with Crippen molar-refractivity contribution >= 4 is 16.6 Å². The summed E-state index contributed by atoms with van der Waals surface area (Å²) >= 11 is 0. The van der Waals surface area contributed by atoms with E-state index < -0.39 is 0 Å². The number of nitrogens with zero attached hydrogens (tertiary/aromatic N) is 2. The molecule has 3 heteroatoms. The van der Waals surface area contributed by atoms with Crippen LogP contribution in [0.5, 0.6) is 0 Å². The molecule has 2 rings (SSSR count). The number of hydrogen-bond donors (Lipinski definition) is 1. The maximum atomic E-state index is 4.71. The summed E-state index contributed by atoms with van der Waals surface area (Å²) in [6.07, 6.45) is 3.08. The second-order valence-corrected chi connectivity index (χ2v) is 4.91. The third-order valence-electron chi connectivity index (χ3n) is 3.29. The highest BCUT2D eigenvalue weighted by Gasteiger charge is 2.11. The maximum absolute atomic E-state index is 4.71. The first-order valence-electron chi connectivity index (χ1n) is 7.19. The van der Waals surface area contributed by atoms with Gasteiger partial charge >= 0.3 is 0 Å². The average Bonchev–Trinajstić information content (AvgIpc) is 2.46. The Morgan fingerprint density at radius 2 is 2.15 bits per heavy atom. The molecule has 0 aliphatic carbocycles. The van der Waals surface area contributed by atoms with E-state index in [4.69, 9.17) is 4.98 Å². The fraction of sp³-hybridized carbons (Fsp3) is 0.353. The van der Waals surface area contributed by atoms with E-state index in [0.717, 1.165) is 37.3 Å². The molecule has 20 heavy (non-hydrogen) atoms. The Hall–Kier alpha value is -1.87. The molecular formula is C17H23N3. The Morgan fingerprint density at radius 1 is 1.35 bits per heavy atom. The molecule has 1 aromatic carbocycles. The van der Waals surface area contributed by atoms with Crippen molar-refractivity contribution in [1.82, 2.24) is 10.3 Å². The predicted octanol–water partition coefficient (Wildman–Crippen LogP) is 3.36. The van der Waals surface area contributed by atoms with Crippen molar-refractivity contribution in [3.8, 4) is 0 Å². The zero-order valence-corrected chi connectivity index (χ0v) is 12.4. The maximum Gasteiger partial charge on any atom is 0.0726 e. The van der Waals surface area contributed by atoms with E-state index in [9.17, 15) is 0 Å². The molecule has 2 aromatic rings. The van der Waals surface area contributed by atoms with Crippen molar-refractivity contribution in [3.05, 3.63) is 48.7 Å². The molecule has 106 valence electrons. The highest BCUT2D eigenvalue weighted by Crippen LogP contribution is 2.27. The lowest BCUT2D eigenvalue weighted by molar-refractivity contribution is 0.787. The minimum atomic E-state index is 0.784. The number of anilines is 1. The van der Waals surface area contributed by atoms with Gasteiger partial charge in [-0.2, -0.15) is 0 Å². The van der Waals surface area contributed by atoms with Gasteiger partial charge in [0, 0.05) is 30.7 Å². The summed E-state index contributed by atoms with van der Waals surface area (Å²) in [7, 11) is 1.95. The van der Waals surface area contributed by atoms with Gasteiger partial charge < -0.3 is 10.2 Å². The summed E-state index contributed by atoms with van der Waals surface area (Å²) in [5.74, 6) is 0. The van der Waals surface area contributed by atoms with E-state index >= 15 is 0 Å². The number of rotatable bonds is 7. The van der Waals surface area contributed by atoms with Gasteiger partial charge in [-0.25, -0.2) is 0 Å². The minimum Gasteiger partial charge on any atom is -0.367 e. The van der Waals surface area contributed by atoms with Crippen molar-refractivity contribution in [3.63, 3.8) is 0 Å². The van der Waals surface area contributed by atoms with E-state index in [1.54, 1.807) is 0 Å². The molecule has 1 heterocycles. The van der Waals surface area contributed by atoms with Crippen LogP contribution in [0.3, 0.4) is 0 Å². The monoisotopic (exact) mass is 269 g/mol. The molecule has 1 aromatic heterocycles. The molecule has 0 unspecified atom stereocenters. The number of benzene rings is 1. The zero-order valence-electron chi connectivity index (χ0n) is 12.4. The number of aromatic nitrogens is 1. The van der Waals surface area contributed by atoms with Crippen molar-refractivity contribution in [2.45, 2.75) is 19.9 Å². The molecule has 0 saturated heterocycles. The molecule has 0 spiro atoms. The van der Waals surface area contributed by atoms with Gasteiger partial charge in [0.1, 0.15) is 0 Å². The average molecular weight is 269 g/mol. The number of nitrogens with one attached hydrogen (secondary N) is 1. The lowest BCUT2D eigenvalue weighted by Gasteiger charge is -2.25. The van der Waals surface area contributed by atoms with E-state index in [2.05, 4.69) is 48.0 Å². The Morgan fingerprint density at radius 3 is 2.85 bits per heavy atom. The van der Waals surface area contributed by atoms with Crippen LogP contribution in [0.4, 0.5) is 5.69 Å². The minimum absolute atomic E-state index is 0.784. The van der Waals surface area contributed by atoms with Crippen LogP contribution in [-0.2, 0) is 6.54 Å². The summed E-state index contributed by atoms with van der Waals surface area (Å²) in [4.78, 5) is 7.08. The van der Waals surface area contributed by atoms with Crippen LogP contribution in [-0.4, -0.2) is 25.1 Å². The van der Waals surface area contributed by atoms with Crippen molar-refractivity contribution in [2.75, 3.05) is 25.0 Å². The van der Waals surface area contributed by atoms with Gasteiger partial charge in [0.2, 0.25) is 0 Å². The molecule has 3 nitrogen and oxygen atoms in total. The van der Waals surface area contributed by atoms with Gasteiger partial charge in [-0.3, -0.25) is 4.98 Å². The fourth-order valence-corrected chi connectivity index (χ4v) is 2.48. The lowest BCUT2D eigenvalue weighted by Crippen LogP contribution is -2.24. The quantitative estimate of drug-likeness (QED) is 0.781. The number of hydrogen-bond acceptors (Lipinski definition) is 3. The fourth-order valence-electron chi connectivity index (χ4n) is 2.48. The molecule has 0 aliphatic rings. The molecule has 1 N–H and O–H groups in total. The van der Waals surface area contributed by atoms with Crippen molar-refractivity contribution < 1.29 is 0 Å². The van der Waals surface area contributed by atoms with E-state index in [1.807, 2.05) is 19.2 Å². The summed E-state index contributed by atoms with van der Waals surface area (Å²) in [5.41, 5.74) is 3.38. The number of para-hydroxylation sites is 1. The SMILES string of the molecule is C=CCN(CCC)c1cc(CNC)nc2ccccc12. The third kappa shape index (κ3) is 3.17. The molecule has 0 amide bonds. The zero-order chi connectivity index (χ0) is 14.4. The first-order chi connectivity index (χ1) is 9.80. The van der Waals surface area contributed by atoms with Crippen LogP contribution in [0.1, 0.15) is 19.0 Å². The summed E-state index contributed by atoms with van der Waals surface area (Å²) in [6, 6.07) is 10.5.